The summed E-state index contributed by atoms with van der Waals surface area (Å²) in [6.45, 7) is 1.92. The zero-order valence-corrected chi connectivity index (χ0v) is 11.9. The summed E-state index contributed by atoms with van der Waals surface area (Å²) >= 11 is 5.18. The highest BCUT2D eigenvalue weighted by atomic mass is 32.1. The van der Waals surface area contributed by atoms with Crippen molar-refractivity contribution in [1.82, 2.24) is 5.43 Å². The number of hydrogen-bond donors (Lipinski definition) is 3. The Morgan fingerprint density at radius 1 is 1.05 bits per heavy atom. The quantitative estimate of drug-likeness (QED) is 0.351. The van der Waals surface area contributed by atoms with Crippen molar-refractivity contribution in [2.45, 2.75) is 6.92 Å². The van der Waals surface area contributed by atoms with Crippen LogP contribution in [0.3, 0.4) is 0 Å². The number of hydrogen-bond acceptors (Lipinski definition) is 3. The van der Waals surface area contributed by atoms with Crippen LogP contribution in [0.25, 0.3) is 0 Å². The van der Waals surface area contributed by atoms with E-state index in [2.05, 4.69) is 15.8 Å². The molecule has 0 spiro atoms. The van der Waals surface area contributed by atoms with Crippen LogP contribution < -0.4 is 16.5 Å². The lowest BCUT2D eigenvalue weighted by Crippen LogP contribution is -2.25. The summed E-state index contributed by atoms with van der Waals surface area (Å²) in [4.78, 5) is 0. The highest BCUT2D eigenvalue weighted by molar-refractivity contribution is 7.80. The van der Waals surface area contributed by atoms with E-state index in [4.69, 9.17) is 18.0 Å². The maximum Gasteiger partial charge on any atom is 0.191 e. The second-order valence-corrected chi connectivity index (χ2v) is 4.62. The lowest BCUT2D eigenvalue weighted by molar-refractivity contribution is 1.04. The predicted octanol–water partition coefficient (Wildman–Crippen LogP) is 2.98. The molecule has 2 aromatic carbocycles. The van der Waals surface area contributed by atoms with Crippen LogP contribution in [0.5, 0.6) is 0 Å². The first-order chi connectivity index (χ1) is 9.66. The predicted molar refractivity (Wildman–Crippen MR) is 88.9 cm³/mol. The third-order valence-electron chi connectivity index (χ3n) is 2.73. The molecule has 0 amide bonds. The van der Waals surface area contributed by atoms with Crippen molar-refractivity contribution in [2.24, 2.45) is 5.10 Å². The van der Waals surface area contributed by atoms with Crippen LogP contribution in [0.15, 0.2) is 59.7 Å². The summed E-state index contributed by atoms with van der Waals surface area (Å²) in [5.74, 6) is 0. The summed E-state index contributed by atoms with van der Waals surface area (Å²) in [7, 11) is 0. The molecule has 102 valence electrons. The van der Waals surface area contributed by atoms with Crippen LogP contribution in [0, 0.1) is 0 Å². The molecule has 0 heterocycles. The van der Waals surface area contributed by atoms with E-state index in [0.29, 0.717) is 10.8 Å². The normalized spacial score (nSPS) is 10.9. The Morgan fingerprint density at radius 3 is 2.40 bits per heavy atom. The van der Waals surface area contributed by atoms with E-state index < -0.39 is 0 Å². The molecule has 5 heteroatoms. The molecular formula is C15H16N4S. The van der Waals surface area contributed by atoms with Gasteiger partial charge in [0.2, 0.25) is 0 Å². The summed E-state index contributed by atoms with van der Waals surface area (Å²) in [6.07, 6.45) is 0. The van der Waals surface area contributed by atoms with Gasteiger partial charge in [-0.3, -0.25) is 5.43 Å². The molecule has 0 aliphatic carbocycles. The molecule has 0 aliphatic heterocycles. The number of benzene rings is 2. The molecule has 0 unspecified atom stereocenters. The van der Waals surface area contributed by atoms with E-state index in [0.717, 1.165) is 17.0 Å². The minimum atomic E-state index is 0.401. The Labute approximate surface area is 123 Å². The third-order valence-corrected chi connectivity index (χ3v) is 2.92. The van der Waals surface area contributed by atoms with Crippen LogP contribution >= 0.6 is 12.2 Å². The highest BCUT2D eigenvalue weighted by Crippen LogP contribution is 2.16. The molecule has 0 aliphatic rings. The van der Waals surface area contributed by atoms with E-state index in [9.17, 15) is 0 Å². The average molecular weight is 284 g/mol. The standard InChI is InChI=1S/C15H16N4S/c1-11(12-7-3-2-4-8-12)18-19-15(20)17-14-10-6-5-9-13(14)16/h2-10H,16H2,1H3,(H2,17,19,20). The van der Waals surface area contributed by atoms with Crippen LogP contribution in [0.4, 0.5) is 11.4 Å². The number of rotatable bonds is 3. The van der Waals surface area contributed by atoms with Gasteiger partial charge in [0.25, 0.3) is 0 Å². The Kier molecular flexibility index (Phi) is 4.68. The molecule has 0 aromatic heterocycles. The first-order valence-corrected chi connectivity index (χ1v) is 6.59. The van der Waals surface area contributed by atoms with Gasteiger partial charge in [-0.1, -0.05) is 42.5 Å². The molecule has 4 N–H and O–H groups in total. The van der Waals surface area contributed by atoms with Crippen molar-refractivity contribution in [2.75, 3.05) is 11.1 Å². The Morgan fingerprint density at radius 2 is 1.70 bits per heavy atom. The molecule has 0 saturated carbocycles. The SMILES string of the molecule is CC(=NNC(=S)Nc1ccccc1N)c1ccccc1. The van der Waals surface area contributed by atoms with Gasteiger partial charge in [-0.05, 0) is 36.8 Å². The van der Waals surface area contributed by atoms with Crippen molar-refractivity contribution < 1.29 is 0 Å². The van der Waals surface area contributed by atoms with Crippen LogP contribution in [0.2, 0.25) is 0 Å². The minimum absolute atomic E-state index is 0.401. The molecule has 4 nitrogen and oxygen atoms in total. The largest absolute Gasteiger partial charge is 0.397 e. The van der Waals surface area contributed by atoms with Gasteiger partial charge in [-0.15, -0.1) is 0 Å². The van der Waals surface area contributed by atoms with Gasteiger partial charge in [-0.2, -0.15) is 5.10 Å². The molecule has 0 atom stereocenters. The second kappa shape index (κ2) is 6.68. The van der Waals surface area contributed by atoms with Gasteiger partial charge < -0.3 is 11.1 Å². The zero-order chi connectivity index (χ0) is 14.4. The number of para-hydroxylation sites is 2. The number of hydrazone groups is 1. The Hall–Kier alpha value is -2.40. The number of nitrogen functional groups attached to an aromatic ring is 1. The number of nitrogens with zero attached hydrogens (tertiary/aromatic N) is 1. The van der Waals surface area contributed by atoms with Crippen LogP contribution in [-0.4, -0.2) is 10.8 Å². The van der Waals surface area contributed by atoms with Crippen molar-refractivity contribution >= 4 is 34.4 Å². The monoisotopic (exact) mass is 284 g/mol. The molecule has 2 aromatic rings. The van der Waals surface area contributed by atoms with Gasteiger partial charge in [0.15, 0.2) is 5.11 Å². The number of thiocarbonyl (C=S) groups is 1. The average Bonchev–Trinajstić information content (AvgIpc) is 2.48. The van der Waals surface area contributed by atoms with Crippen LogP contribution in [-0.2, 0) is 0 Å². The smallest absolute Gasteiger partial charge is 0.191 e. The number of nitrogens with one attached hydrogen (secondary N) is 2. The summed E-state index contributed by atoms with van der Waals surface area (Å²) in [5, 5.41) is 7.65. The number of nitrogens with two attached hydrogens (primary N) is 1. The summed E-state index contributed by atoms with van der Waals surface area (Å²) in [5.41, 5.74) is 11.9. The van der Waals surface area contributed by atoms with Gasteiger partial charge >= 0.3 is 0 Å². The van der Waals surface area contributed by atoms with Gasteiger partial charge in [0.05, 0.1) is 17.1 Å². The molecule has 0 radical (unpaired) electrons. The summed E-state index contributed by atoms with van der Waals surface area (Å²) < 4.78 is 0. The molecule has 2 rings (SSSR count). The van der Waals surface area contributed by atoms with Gasteiger partial charge in [0.1, 0.15) is 0 Å². The van der Waals surface area contributed by atoms with Crippen molar-refractivity contribution in [3.63, 3.8) is 0 Å². The summed E-state index contributed by atoms with van der Waals surface area (Å²) in [6, 6.07) is 17.3. The molecule has 0 fully saturated rings. The molecular weight excluding hydrogens is 268 g/mol. The fourth-order valence-electron chi connectivity index (χ4n) is 1.64. The maximum absolute atomic E-state index is 5.83. The van der Waals surface area contributed by atoms with E-state index in [1.165, 1.54) is 0 Å². The van der Waals surface area contributed by atoms with E-state index in [1.54, 1.807) is 0 Å². The zero-order valence-electron chi connectivity index (χ0n) is 11.1. The topological polar surface area (TPSA) is 62.4 Å². The first kappa shape index (κ1) is 14.0. The second-order valence-electron chi connectivity index (χ2n) is 4.22. The van der Waals surface area contributed by atoms with Gasteiger partial charge in [0, 0.05) is 0 Å². The van der Waals surface area contributed by atoms with Gasteiger partial charge in [-0.25, -0.2) is 0 Å². The fraction of sp³-hybridized carbons (Fsp3) is 0.0667. The van der Waals surface area contributed by atoms with E-state index in [-0.39, 0.29) is 0 Å². The van der Waals surface area contributed by atoms with Crippen molar-refractivity contribution in [1.29, 1.82) is 0 Å². The number of anilines is 2. The lowest BCUT2D eigenvalue weighted by atomic mass is 10.1. The molecule has 20 heavy (non-hydrogen) atoms. The fourth-order valence-corrected chi connectivity index (χ4v) is 1.80. The first-order valence-electron chi connectivity index (χ1n) is 6.18. The van der Waals surface area contributed by atoms with Crippen molar-refractivity contribution in [3.8, 4) is 0 Å². The highest BCUT2D eigenvalue weighted by Gasteiger charge is 2.00. The molecule has 0 bridgehead atoms. The molecule has 0 saturated heterocycles. The van der Waals surface area contributed by atoms with E-state index >= 15 is 0 Å². The van der Waals surface area contributed by atoms with Crippen LogP contribution in [0.1, 0.15) is 12.5 Å². The Bertz CT molecular complexity index is 623. The Balaban J connectivity index is 1.97. The maximum atomic E-state index is 5.83. The third kappa shape index (κ3) is 3.80. The minimum Gasteiger partial charge on any atom is -0.397 e. The van der Waals surface area contributed by atoms with Crippen molar-refractivity contribution in [3.05, 3.63) is 60.2 Å². The lowest BCUT2D eigenvalue weighted by Gasteiger charge is -2.10. The van der Waals surface area contributed by atoms with E-state index in [1.807, 2.05) is 61.5 Å².